The van der Waals surface area contributed by atoms with Crippen LogP contribution in [0.3, 0.4) is 0 Å². The molecule has 1 saturated heterocycles. The zero-order chi connectivity index (χ0) is 19.2. The molecule has 1 unspecified atom stereocenters. The van der Waals surface area contributed by atoms with E-state index in [2.05, 4.69) is 10.3 Å². The van der Waals surface area contributed by atoms with Crippen LogP contribution in [0.4, 0.5) is 0 Å². The molecular formula is C16H28N5O4S+. The number of aryl methyl sites for hydroxylation is 1. The lowest BCUT2D eigenvalue weighted by Crippen LogP contribution is -2.63. The van der Waals surface area contributed by atoms with Crippen LogP contribution in [-0.4, -0.2) is 75.5 Å². The first-order valence-electron chi connectivity index (χ1n) is 8.53. The molecule has 6 N–H and O–H groups in total. The van der Waals surface area contributed by atoms with Crippen LogP contribution in [-0.2, 0) is 14.9 Å². The van der Waals surface area contributed by atoms with Crippen LogP contribution < -0.4 is 16.8 Å². The van der Waals surface area contributed by atoms with Crippen LogP contribution in [0.15, 0.2) is 34.2 Å². The van der Waals surface area contributed by atoms with Gasteiger partial charge in [-0.05, 0) is 19.1 Å². The van der Waals surface area contributed by atoms with E-state index >= 15 is 0 Å². The average Bonchev–Trinajstić information content (AvgIpc) is 3.03. The van der Waals surface area contributed by atoms with Crippen molar-refractivity contribution < 1.29 is 22.2 Å². The maximum absolute atomic E-state index is 10.5. The second-order valence-electron chi connectivity index (χ2n) is 6.41. The van der Waals surface area contributed by atoms with Crippen molar-refractivity contribution in [1.29, 1.82) is 0 Å². The zero-order valence-corrected chi connectivity index (χ0v) is 15.8. The van der Waals surface area contributed by atoms with Crippen LogP contribution in [0.2, 0.25) is 0 Å². The summed E-state index contributed by atoms with van der Waals surface area (Å²) < 4.78 is 35.7. The number of ether oxygens (including phenoxy) is 1. The summed E-state index contributed by atoms with van der Waals surface area (Å²) in [6, 6.07) is 5.99. The third kappa shape index (κ3) is 5.47. The fourth-order valence-electron chi connectivity index (χ4n) is 2.93. The Balaban J connectivity index is 0.000000197. The van der Waals surface area contributed by atoms with E-state index in [1.165, 1.54) is 12.1 Å². The molecule has 1 fully saturated rings. The molecule has 0 aromatic heterocycles. The molecule has 2 heterocycles. The monoisotopic (exact) mass is 386 g/mol. The number of nitrogens with zero attached hydrogens (tertiary/aromatic N) is 2. The van der Waals surface area contributed by atoms with Gasteiger partial charge in [0.05, 0.1) is 31.2 Å². The maximum Gasteiger partial charge on any atom is 0.299 e. The minimum atomic E-state index is -4.02. The summed E-state index contributed by atoms with van der Waals surface area (Å²) in [4.78, 5) is 4.38. The van der Waals surface area contributed by atoms with E-state index in [-0.39, 0.29) is 11.1 Å². The Morgan fingerprint density at radius 3 is 2.38 bits per heavy atom. The number of hydrogen-bond donors (Lipinski definition) is 4. The van der Waals surface area contributed by atoms with E-state index in [1.54, 1.807) is 12.1 Å². The lowest BCUT2D eigenvalue weighted by Gasteiger charge is -2.39. The van der Waals surface area contributed by atoms with Gasteiger partial charge in [-0.15, -0.1) is 0 Å². The minimum Gasteiger partial charge on any atom is -0.370 e. The van der Waals surface area contributed by atoms with Crippen LogP contribution in [0.1, 0.15) is 5.56 Å². The van der Waals surface area contributed by atoms with Crippen molar-refractivity contribution in [2.24, 2.45) is 16.5 Å². The van der Waals surface area contributed by atoms with Crippen molar-refractivity contribution in [3.63, 3.8) is 0 Å². The molecule has 10 heteroatoms. The summed E-state index contributed by atoms with van der Waals surface area (Å²) in [5.74, 6) is 0.997. The van der Waals surface area contributed by atoms with Crippen molar-refractivity contribution >= 4 is 16.1 Å². The third-order valence-corrected chi connectivity index (χ3v) is 5.28. The molecule has 0 spiro atoms. The van der Waals surface area contributed by atoms with Gasteiger partial charge in [0.1, 0.15) is 19.3 Å². The Kier molecular flexibility index (Phi) is 7.09. The minimum absolute atomic E-state index is 0.0666. The standard InChI is InChI=1S/C9H20N5O.C7H8O3S/c10-1-2-14(3-5-15-6-4-14)9-12-7-8(11)13-9;1-6-2-4-7(5-3-6)11(8,9)10/h8H,1-7,10-11H2,(H,12,13);2-5H,1H3,(H,8,9,10)/q+1;. The maximum atomic E-state index is 10.5. The van der Waals surface area contributed by atoms with Gasteiger partial charge < -0.3 is 21.5 Å². The zero-order valence-electron chi connectivity index (χ0n) is 15.0. The summed E-state index contributed by atoms with van der Waals surface area (Å²) in [6.45, 7) is 7.57. The number of quaternary nitrogens is 1. The third-order valence-electron chi connectivity index (χ3n) is 4.41. The predicted molar refractivity (Wildman–Crippen MR) is 99.1 cm³/mol. The van der Waals surface area contributed by atoms with Gasteiger partial charge in [0.15, 0.2) is 0 Å². The summed E-state index contributed by atoms with van der Waals surface area (Å²) >= 11 is 0. The molecule has 0 aliphatic carbocycles. The second kappa shape index (κ2) is 8.89. The fraction of sp³-hybridized carbons (Fsp3) is 0.562. The van der Waals surface area contributed by atoms with E-state index in [0.717, 1.165) is 55.4 Å². The van der Waals surface area contributed by atoms with Gasteiger partial charge >= 0.3 is 0 Å². The smallest absolute Gasteiger partial charge is 0.299 e. The molecule has 0 amide bonds. The number of rotatable bonds is 3. The summed E-state index contributed by atoms with van der Waals surface area (Å²) in [5.41, 5.74) is 12.4. The van der Waals surface area contributed by atoms with E-state index in [1.807, 2.05) is 6.92 Å². The lowest BCUT2D eigenvalue weighted by molar-refractivity contribution is -0.851. The van der Waals surface area contributed by atoms with Gasteiger partial charge in [0.25, 0.3) is 16.1 Å². The fourth-order valence-corrected chi connectivity index (χ4v) is 3.41. The summed E-state index contributed by atoms with van der Waals surface area (Å²) in [7, 11) is -4.02. The van der Waals surface area contributed by atoms with Gasteiger partial charge in [-0.2, -0.15) is 13.4 Å². The van der Waals surface area contributed by atoms with Gasteiger partial charge in [0, 0.05) is 6.54 Å². The molecule has 26 heavy (non-hydrogen) atoms. The SMILES string of the molecule is Cc1ccc(S(=O)(=O)O)cc1.NCC[N+]1(C2=NC(N)CN2)CCOCC1. The summed E-state index contributed by atoms with van der Waals surface area (Å²) in [5, 5.41) is 3.29. The van der Waals surface area contributed by atoms with Crippen LogP contribution >= 0.6 is 0 Å². The van der Waals surface area contributed by atoms with Crippen molar-refractivity contribution in [2.45, 2.75) is 18.0 Å². The van der Waals surface area contributed by atoms with Crippen LogP contribution in [0, 0.1) is 6.92 Å². The number of benzene rings is 1. The lowest BCUT2D eigenvalue weighted by atomic mass is 10.2. The number of nitrogens with one attached hydrogen (secondary N) is 1. The molecule has 1 atom stereocenters. The highest BCUT2D eigenvalue weighted by atomic mass is 32.2. The van der Waals surface area contributed by atoms with Crippen LogP contribution in [0.5, 0.6) is 0 Å². The first-order valence-corrected chi connectivity index (χ1v) is 9.97. The second-order valence-corrected chi connectivity index (χ2v) is 7.83. The molecule has 2 aliphatic rings. The first-order chi connectivity index (χ1) is 12.3. The molecule has 3 rings (SSSR count). The van der Waals surface area contributed by atoms with E-state index in [0.29, 0.717) is 6.54 Å². The topological polar surface area (TPSA) is 140 Å². The highest BCUT2D eigenvalue weighted by molar-refractivity contribution is 7.85. The number of hydrogen-bond acceptors (Lipinski definition) is 7. The predicted octanol–water partition coefficient (Wildman–Crippen LogP) is -0.722. The number of aliphatic imine (C=N–C) groups is 1. The Hall–Kier alpha value is -1.56. The average molecular weight is 386 g/mol. The largest absolute Gasteiger partial charge is 0.370 e. The van der Waals surface area contributed by atoms with Gasteiger partial charge in [-0.25, -0.2) is 0 Å². The Labute approximate surface area is 154 Å². The Morgan fingerprint density at radius 1 is 1.31 bits per heavy atom. The van der Waals surface area contributed by atoms with E-state index in [4.69, 9.17) is 20.8 Å². The van der Waals surface area contributed by atoms with E-state index in [9.17, 15) is 8.42 Å². The summed E-state index contributed by atoms with van der Waals surface area (Å²) in [6.07, 6.45) is -0.101. The van der Waals surface area contributed by atoms with Crippen molar-refractivity contribution in [3.05, 3.63) is 29.8 Å². The number of guanidine groups is 1. The van der Waals surface area contributed by atoms with E-state index < -0.39 is 10.1 Å². The normalized spacial score (nSPS) is 22.0. The van der Waals surface area contributed by atoms with Crippen LogP contribution in [0.25, 0.3) is 0 Å². The molecule has 9 nitrogen and oxygen atoms in total. The molecular weight excluding hydrogens is 358 g/mol. The highest BCUT2D eigenvalue weighted by Gasteiger charge is 2.38. The van der Waals surface area contributed by atoms with Crippen molar-refractivity contribution in [3.8, 4) is 0 Å². The molecule has 1 aromatic carbocycles. The van der Waals surface area contributed by atoms with Crippen molar-refractivity contribution in [2.75, 3.05) is 45.9 Å². The number of nitrogens with two attached hydrogens (primary N) is 2. The van der Waals surface area contributed by atoms with Crippen molar-refractivity contribution in [1.82, 2.24) is 5.32 Å². The van der Waals surface area contributed by atoms with Gasteiger partial charge in [-0.1, -0.05) is 17.7 Å². The first kappa shape index (κ1) is 20.7. The molecule has 2 aliphatic heterocycles. The Bertz CT molecular complexity index is 709. The van der Waals surface area contributed by atoms with Gasteiger partial charge in [0.2, 0.25) is 0 Å². The molecule has 1 aromatic rings. The molecule has 0 saturated carbocycles. The Morgan fingerprint density at radius 2 is 1.92 bits per heavy atom. The molecule has 0 radical (unpaired) electrons. The quantitative estimate of drug-likeness (QED) is 0.397. The van der Waals surface area contributed by atoms with Gasteiger partial charge in [-0.3, -0.25) is 9.04 Å². The highest BCUT2D eigenvalue weighted by Crippen LogP contribution is 2.14. The number of morpholine rings is 1. The molecule has 0 bridgehead atoms. The molecule has 146 valence electrons.